The molecular formula is C38H35NO4. The number of benzene rings is 5. The average Bonchev–Trinajstić information content (AvgIpc) is 3.08. The largest absolute Gasteiger partial charge is 0.489 e. The van der Waals surface area contributed by atoms with Gasteiger partial charge in [0, 0.05) is 12.8 Å². The van der Waals surface area contributed by atoms with Gasteiger partial charge in [0.1, 0.15) is 18.4 Å². The van der Waals surface area contributed by atoms with Crippen LogP contribution in [0.2, 0.25) is 0 Å². The van der Waals surface area contributed by atoms with E-state index in [9.17, 15) is 9.59 Å². The van der Waals surface area contributed by atoms with Gasteiger partial charge in [-0.2, -0.15) is 0 Å². The van der Waals surface area contributed by atoms with Crippen LogP contribution >= 0.6 is 0 Å². The van der Waals surface area contributed by atoms with Gasteiger partial charge in [0.05, 0.1) is 12.5 Å². The van der Waals surface area contributed by atoms with Crippen molar-refractivity contribution in [2.45, 2.75) is 30.9 Å². The molecule has 0 unspecified atom stereocenters. The minimum atomic E-state index is -0.853. The van der Waals surface area contributed by atoms with Gasteiger partial charge in [-0.05, 0) is 39.9 Å². The first-order chi connectivity index (χ1) is 21.1. The number of carbonyl (C=O) groups excluding carboxylic acids is 2. The third kappa shape index (κ3) is 7.19. The molecule has 0 aromatic heterocycles. The Bertz CT molecular complexity index is 1490. The number of rotatable bonds is 12. The van der Waals surface area contributed by atoms with Gasteiger partial charge in [-0.25, -0.2) is 4.79 Å². The molecule has 0 fully saturated rings. The highest BCUT2D eigenvalue weighted by Crippen LogP contribution is 2.42. The Morgan fingerprint density at radius 1 is 0.628 bits per heavy atom. The SMILES string of the molecule is COC(=O)[C@H](Cc1ccc(OCc2ccccc2)cc1)NC(=O)CC(c1ccccc1)(c1ccccc1)c1ccccc1. The van der Waals surface area contributed by atoms with E-state index in [1.165, 1.54) is 7.11 Å². The molecule has 0 bridgehead atoms. The van der Waals surface area contributed by atoms with Crippen LogP contribution in [0.25, 0.3) is 0 Å². The van der Waals surface area contributed by atoms with Crippen molar-refractivity contribution >= 4 is 11.9 Å². The molecule has 43 heavy (non-hydrogen) atoms. The second-order valence-corrected chi connectivity index (χ2v) is 10.4. The van der Waals surface area contributed by atoms with Gasteiger partial charge in [-0.3, -0.25) is 4.79 Å². The Morgan fingerprint density at radius 3 is 1.56 bits per heavy atom. The van der Waals surface area contributed by atoms with E-state index >= 15 is 0 Å². The van der Waals surface area contributed by atoms with Crippen molar-refractivity contribution in [1.29, 1.82) is 0 Å². The standard InChI is InChI=1S/C38H35NO4/c1-42-37(41)35(26-29-22-24-34(25-23-29)43-28-30-14-6-2-7-15-30)39-36(40)27-38(31-16-8-3-9-17-31,32-18-10-4-11-19-32)33-20-12-5-13-21-33/h2-25,35H,26-28H2,1H3,(H,39,40)/t35-/m0/s1. The predicted molar refractivity (Wildman–Crippen MR) is 169 cm³/mol. The van der Waals surface area contributed by atoms with E-state index in [1.807, 2.05) is 146 Å². The fourth-order valence-electron chi connectivity index (χ4n) is 5.49. The summed E-state index contributed by atoms with van der Waals surface area (Å²) in [6.45, 7) is 0.465. The Labute approximate surface area is 253 Å². The maximum Gasteiger partial charge on any atom is 0.328 e. The lowest BCUT2D eigenvalue weighted by atomic mass is 9.67. The summed E-state index contributed by atoms with van der Waals surface area (Å²) in [5.74, 6) is -0.0260. The van der Waals surface area contributed by atoms with Crippen molar-refractivity contribution in [3.05, 3.63) is 173 Å². The molecule has 5 heteroatoms. The van der Waals surface area contributed by atoms with E-state index in [1.54, 1.807) is 0 Å². The van der Waals surface area contributed by atoms with Crippen molar-refractivity contribution in [3.63, 3.8) is 0 Å². The van der Waals surface area contributed by atoms with Gasteiger partial charge in [0.2, 0.25) is 5.91 Å². The van der Waals surface area contributed by atoms with Crippen LogP contribution in [-0.2, 0) is 32.8 Å². The van der Waals surface area contributed by atoms with Gasteiger partial charge < -0.3 is 14.8 Å². The third-order valence-electron chi connectivity index (χ3n) is 7.66. The molecule has 0 radical (unpaired) electrons. The van der Waals surface area contributed by atoms with Crippen LogP contribution in [0.15, 0.2) is 146 Å². The van der Waals surface area contributed by atoms with E-state index in [0.717, 1.165) is 33.6 Å². The van der Waals surface area contributed by atoms with Crippen molar-refractivity contribution < 1.29 is 19.1 Å². The molecule has 5 aromatic rings. The van der Waals surface area contributed by atoms with Crippen molar-refractivity contribution in [2.75, 3.05) is 7.11 Å². The van der Waals surface area contributed by atoms with E-state index in [4.69, 9.17) is 9.47 Å². The van der Waals surface area contributed by atoms with Crippen LogP contribution in [0, 0.1) is 0 Å². The molecule has 1 N–H and O–H groups in total. The number of methoxy groups -OCH3 is 1. The van der Waals surface area contributed by atoms with Crippen LogP contribution in [-0.4, -0.2) is 25.0 Å². The Hall–Kier alpha value is -5.16. The number of hydrogen-bond donors (Lipinski definition) is 1. The van der Waals surface area contributed by atoms with E-state index in [-0.39, 0.29) is 18.7 Å². The maximum absolute atomic E-state index is 13.9. The zero-order chi connectivity index (χ0) is 29.9. The summed E-state index contributed by atoms with van der Waals surface area (Å²) in [4.78, 5) is 26.8. The Balaban J connectivity index is 1.38. The van der Waals surface area contributed by atoms with Crippen LogP contribution in [0.5, 0.6) is 5.75 Å². The lowest BCUT2D eigenvalue weighted by molar-refractivity contribution is -0.145. The number of esters is 1. The normalized spacial score (nSPS) is 11.7. The van der Waals surface area contributed by atoms with Crippen LogP contribution < -0.4 is 10.1 Å². The quantitative estimate of drug-likeness (QED) is 0.131. The second kappa shape index (κ2) is 14.1. The molecule has 1 amide bonds. The van der Waals surface area contributed by atoms with Crippen LogP contribution in [0.4, 0.5) is 0 Å². The minimum absolute atomic E-state index is 0.102. The zero-order valence-corrected chi connectivity index (χ0v) is 24.2. The number of carbonyl (C=O) groups is 2. The minimum Gasteiger partial charge on any atom is -0.489 e. The fraction of sp³-hybridized carbons (Fsp3) is 0.158. The summed E-state index contributed by atoms with van der Waals surface area (Å²) in [6, 6.07) is 46.8. The first-order valence-electron chi connectivity index (χ1n) is 14.4. The summed E-state index contributed by atoms with van der Waals surface area (Å²) in [5, 5.41) is 3.00. The highest BCUT2D eigenvalue weighted by molar-refractivity contribution is 5.86. The summed E-state index contributed by atoms with van der Waals surface area (Å²) < 4.78 is 11.0. The molecular weight excluding hydrogens is 534 g/mol. The molecule has 5 aromatic carbocycles. The molecule has 0 saturated carbocycles. The summed E-state index contributed by atoms with van der Waals surface area (Å²) in [7, 11) is 1.34. The molecule has 5 rings (SSSR count). The molecule has 216 valence electrons. The predicted octanol–water partition coefficient (Wildman–Crippen LogP) is 6.89. The zero-order valence-electron chi connectivity index (χ0n) is 24.2. The van der Waals surface area contributed by atoms with Gasteiger partial charge in [0.25, 0.3) is 0 Å². The second-order valence-electron chi connectivity index (χ2n) is 10.4. The van der Waals surface area contributed by atoms with E-state index < -0.39 is 17.4 Å². The molecule has 0 aliphatic heterocycles. The molecule has 0 aliphatic carbocycles. The lowest BCUT2D eigenvalue weighted by Crippen LogP contribution is -2.46. The monoisotopic (exact) mass is 569 g/mol. The molecule has 5 nitrogen and oxygen atoms in total. The summed E-state index contributed by atoms with van der Waals surface area (Å²) >= 11 is 0. The Kier molecular flexibility index (Phi) is 9.65. The smallest absolute Gasteiger partial charge is 0.328 e. The molecule has 0 heterocycles. The molecule has 0 spiro atoms. The summed E-state index contributed by atoms with van der Waals surface area (Å²) in [6.07, 6.45) is 0.386. The maximum atomic E-state index is 13.9. The fourth-order valence-corrected chi connectivity index (χ4v) is 5.49. The van der Waals surface area contributed by atoms with Gasteiger partial charge in [0.15, 0.2) is 0 Å². The number of ether oxygens (including phenoxy) is 2. The average molecular weight is 570 g/mol. The molecule has 0 aliphatic rings. The van der Waals surface area contributed by atoms with Crippen molar-refractivity contribution in [1.82, 2.24) is 5.32 Å². The van der Waals surface area contributed by atoms with Gasteiger partial charge in [-0.15, -0.1) is 0 Å². The number of hydrogen-bond acceptors (Lipinski definition) is 4. The number of amides is 1. The lowest BCUT2D eigenvalue weighted by Gasteiger charge is -2.36. The Morgan fingerprint density at radius 2 is 1.09 bits per heavy atom. The van der Waals surface area contributed by atoms with E-state index in [0.29, 0.717) is 6.61 Å². The third-order valence-corrected chi connectivity index (χ3v) is 7.66. The summed E-state index contributed by atoms with van der Waals surface area (Å²) in [5.41, 5.74) is 4.15. The molecule has 0 saturated heterocycles. The number of nitrogens with one attached hydrogen (secondary N) is 1. The van der Waals surface area contributed by atoms with Gasteiger partial charge >= 0.3 is 5.97 Å². The van der Waals surface area contributed by atoms with Crippen molar-refractivity contribution in [3.8, 4) is 5.75 Å². The van der Waals surface area contributed by atoms with Crippen LogP contribution in [0.3, 0.4) is 0 Å². The van der Waals surface area contributed by atoms with Crippen molar-refractivity contribution in [2.24, 2.45) is 0 Å². The highest BCUT2D eigenvalue weighted by atomic mass is 16.5. The van der Waals surface area contributed by atoms with E-state index in [2.05, 4.69) is 5.32 Å². The topological polar surface area (TPSA) is 64.6 Å². The first-order valence-corrected chi connectivity index (χ1v) is 14.4. The first kappa shape index (κ1) is 29.3. The van der Waals surface area contributed by atoms with Crippen LogP contribution in [0.1, 0.15) is 34.2 Å². The van der Waals surface area contributed by atoms with Gasteiger partial charge in [-0.1, -0.05) is 133 Å². The highest BCUT2D eigenvalue weighted by Gasteiger charge is 2.39. The molecule has 1 atom stereocenters.